The minimum atomic E-state index is 0.277. The largest absolute Gasteiger partial charge is 0.329 e. The maximum atomic E-state index is 8.33. The molecule has 3 aliphatic rings. The number of fused-ring (bicyclic) bond motifs is 1. The SMILES string of the molecule is CSC(=N)c1cn(C2CCC(C3=CCCN(CC4CC4)C3)C2)c2nc(Cl)ncc12. The third-order valence-electron chi connectivity index (χ3n) is 6.78. The van der Waals surface area contributed by atoms with Crippen LogP contribution in [0.4, 0.5) is 0 Å². The Morgan fingerprint density at radius 2 is 2.17 bits per heavy atom. The lowest BCUT2D eigenvalue weighted by molar-refractivity contribution is 0.267. The summed E-state index contributed by atoms with van der Waals surface area (Å²) in [4.78, 5) is 11.4. The average Bonchev–Trinajstić information content (AvgIpc) is 3.27. The predicted octanol–water partition coefficient (Wildman–Crippen LogP) is 5.16. The highest BCUT2D eigenvalue weighted by Crippen LogP contribution is 2.42. The van der Waals surface area contributed by atoms with Crippen molar-refractivity contribution in [3.63, 3.8) is 0 Å². The fourth-order valence-electron chi connectivity index (χ4n) is 5.08. The van der Waals surface area contributed by atoms with Gasteiger partial charge in [-0.2, -0.15) is 4.98 Å². The number of hydrogen-bond donors (Lipinski definition) is 1. The Balaban J connectivity index is 1.37. The van der Waals surface area contributed by atoms with Crippen LogP contribution in [0.1, 0.15) is 50.1 Å². The minimum absolute atomic E-state index is 0.277. The average molecular weight is 430 g/mol. The molecule has 2 aromatic heterocycles. The maximum absolute atomic E-state index is 8.33. The van der Waals surface area contributed by atoms with Gasteiger partial charge in [0.25, 0.3) is 0 Å². The lowest BCUT2D eigenvalue weighted by atomic mass is 9.93. The van der Waals surface area contributed by atoms with Gasteiger partial charge in [-0.15, -0.1) is 11.8 Å². The molecule has 3 heterocycles. The number of thioether (sulfide) groups is 1. The molecule has 0 amide bonds. The lowest BCUT2D eigenvalue weighted by Gasteiger charge is -2.30. The molecule has 2 fully saturated rings. The number of hydrogen-bond acceptors (Lipinski definition) is 5. The van der Waals surface area contributed by atoms with Gasteiger partial charge in [-0.25, -0.2) is 4.98 Å². The second kappa shape index (κ2) is 8.05. The number of aromatic nitrogens is 3. The minimum Gasteiger partial charge on any atom is -0.329 e. The van der Waals surface area contributed by atoms with E-state index in [9.17, 15) is 0 Å². The summed E-state index contributed by atoms with van der Waals surface area (Å²) in [6, 6.07) is 0.414. The van der Waals surface area contributed by atoms with E-state index >= 15 is 0 Å². The van der Waals surface area contributed by atoms with Crippen molar-refractivity contribution in [3.05, 3.63) is 34.9 Å². The van der Waals surface area contributed by atoms with Crippen molar-refractivity contribution in [2.45, 2.75) is 44.6 Å². The van der Waals surface area contributed by atoms with Crippen molar-refractivity contribution in [2.75, 3.05) is 25.9 Å². The lowest BCUT2D eigenvalue weighted by Crippen LogP contribution is -2.33. The predicted molar refractivity (Wildman–Crippen MR) is 121 cm³/mol. The van der Waals surface area contributed by atoms with Gasteiger partial charge in [-0.3, -0.25) is 10.3 Å². The summed E-state index contributed by atoms with van der Waals surface area (Å²) in [6.45, 7) is 3.69. The first-order valence-electron chi connectivity index (χ1n) is 10.7. The molecule has 0 saturated heterocycles. The van der Waals surface area contributed by atoms with E-state index in [0.29, 0.717) is 17.0 Å². The molecule has 5 nitrogen and oxygen atoms in total. The first-order chi connectivity index (χ1) is 14.1. The van der Waals surface area contributed by atoms with E-state index in [4.69, 9.17) is 17.0 Å². The normalized spacial score (nSPS) is 25.5. The van der Waals surface area contributed by atoms with Crippen molar-refractivity contribution >= 4 is 39.4 Å². The molecule has 7 heteroatoms. The Bertz CT molecular complexity index is 964. The Hall–Kier alpha value is -1.37. The maximum Gasteiger partial charge on any atom is 0.224 e. The topological polar surface area (TPSA) is 57.8 Å². The van der Waals surface area contributed by atoms with Crippen LogP contribution in [0.2, 0.25) is 5.28 Å². The summed E-state index contributed by atoms with van der Waals surface area (Å²) in [5, 5.41) is 10.1. The summed E-state index contributed by atoms with van der Waals surface area (Å²) in [7, 11) is 0. The van der Waals surface area contributed by atoms with Crippen LogP contribution in [-0.4, -0.2) is 50.4 Å². The third kappa shape index (κ3) is 3.99. The monoisotopic (exact) mass is 429 g/mol. The highest BCUT2D eigenvalue weighted by atomic mass is 35.5. The molecular weight excluding hydrogens is 402 g/mol. The number of nitrogens with zero attached hydrogens (tertiary/aromatic N) is 4. The van der Waals surface area contributed by atoms with Gasteiger partial charge in [0.15, 0.2) is 0 Å². The van der Waals surface area contributed by atoms with Gasteiger partial charge in [0.05, 0.1) is 5.04 Å². The van der Waals surface area contributed by atoms with Crippen molar-refractivity contribution in [1.29, 1.82) is 5.41 Å². The highest BCUT2D eigenvalue weighted by Gasteiger charge is 2.33. The molecule has 5 rings (SSSR count). The van der Waals surface area contributed by atoms with E-state index in [2.05, 4.69) is 31.7 Å². The molecule has 2 aromatic rings. The first kappa shape index (κ1) is 19.6. The van der Waals surface area contributed by atoms with E-state index in [0.717, 1.165) is 41.9 Å². The van der Waals surface area contributed by atoms with Crippen LogP contribution in [0, 0.1) is 17.2 Å². The summed E-state index contributed by atoms with van der Waals surface area (Å²) >= 11 is 7.58. The highest BCUT2D eigenvalue weighted by molar-refractivity contribution is 8.13. The molecular formula is C22H28ClN5S. The fraction of sp³-hybridized carbons (Fsp3) is 0.591. The number of rotatable bonds is 5. The van der Waals surface area contributed by atoms with Crippen molar-refractivity contribution < 1.29 is 0 Å². The smallest absolute Gasteiger partial charge is 0.224 e. The van der Waals surface area contributed by atoms with Crippen LogP contribution in [-0.2, 0) is 0 Å². The van der Waals surface area contributed by atoms with Crippen LogP contribution in [0.25, 0.3) is 11.0 Å². The van der Waals surface area contributed by atoms with Gasteiger partial charge in [0.2, 0.25) is 5.28 Å². The zero-order chi connectivity index (χ0) is 20.0. The molecule has 0 spiro atoms. The van der Waals surface area contributed by atoms with Crippen molar-refractivity contribution in [2.24, 2.45) is 11.8 Å². The van der Waals surface area contributed by atoms with E-state index in [1.807, 2.05) is 6.26 Å². The first-order valence-corrected chi connectivity index (χ1v) is 12.3. The molecule has 2 saturated carbocycles. The van der Waals surface area contributed by atoms with Gasteiger partial charge in [-0.05, 0) is 68.2 Å². The van der Waals surface area contributed by atoms with Gasteiger partial charge < -0.3 is 4.57 Å². The molecule has 2 atom stereocenters. The van der Waals surface area contributed by atoms with Crippen LogP contribution in [0.5, 0.6) is 0 Å². The summed E-state index contributed by atoms with van der Waals surface area (Å²) in [6.07, 6.45) is 15.9. The van der Waals surface area contributed by atoms with Crippen molar-refractivity contribution in [1.82, 2.24) is 19.4 Å². The molecule has 0 bridgehead atoms. The second-order valence-corrected chi connectivity index (χ2v) is 9.92. The zero-order valence-electron chi connectivity index (χ0n) is 16.9. The molecule has 2 aliphatic carbocycles. The van der Waals surface area contributed by atoms with Gasteiger partial charge in [0.1, 0.15) is 5.65 Å². The Morgan fingerprint density at radius 1 is 1.31 bits per heavy atom. The molecule has 29 heavy (non-hydrogen) atoms. The second-order valence-electron chi connectivity index (χ2n) is 8.77. The fourth-order valence-corrected chi connectivity index (χ4v) is 5.59. The Kier molecular flexibility index (Phi) is 5.43. The molecule has 2 unspecified atom stereocenters. The molecule has 154 valence electrons. The molecule has 0 aromatic carbocycles. The number of halogens is 1. The molecule has 1 N–H and O–H groups in total. The number of nitrogens with one attached hydrogen (secondary N) is 1. The van der Waals surface area contributed by atoms with Crippen LogP contribution in [0.15, 0.2) is 24.0 Å². The standard InChI is InChI=1S/C22H28ClN5S/c1-29-20(24)19-13-28(21-18(19)10-25-22(23)26-21)17-7-6-15(9-17)16-3-2-8-27(12-16)11-14-4-5-14/h3,10,13-15,17,24H,2,4-9,11-12H2,1H3. The van der Waals surface area contributed by atoms with Gasteiger partial charge >= 0.3 is 0 Å². The van der Waals surface area contributed by atoms with Gasteiger partial charge in [-0.1, -0.05) is 11.6 Å². The summed E-state index contributed by atoms with van der Waals surface area (Å²) in [5.74, 6) is 1.63. The Labute approximate surface area is 181 Å². The van der Waals surface area contributed by atoms with Crippen LogP contribution in [0.3, 0.4) is 0 Å². The molecule has 0 radical (unpaired) electrons. The van der Waals surface area contributed by atoms with Crippen LogP contribution < -0.4 is 0 Å². The Morgan fingerprint density at radius 3 is 2.97 bits per heavy atom. The molecule has 1 aliphatic heterocycles. The van der Waals surface area contributed by atoms with E-state index in [1.54, 1.807) is 11.8 Å². The van der Waals surface area contributed by atoms with Gasteiger partial charge in [0, 0.05) is 49.0 Å². The van der Waals surface area contributed by atoms with E-state index in [-0.39, 0.29) is 5.28 Å². The van der Waals surface area contributed by atoms with Crippen LogP contribution >= 0.6 is 23.4 Å². The third-order valence-corrected chi connectivity index (χ3v) is 7.60. The van der Waals surface area contributed by atoms with E-state index in [1.165, 1.54) is 50.5 Å². The summed E-state index contributed by atoms with van der Waals surface area (Å²) in [5.41, 5.74) is 3.44. The van der Waals surface area contributed by atoms with Crippen molar-refractivity contribution in [3.8, 4) is 0 Å². The summed E-state index contributed by atoms with van der Waals surface area (Å²) < 4.78 is 2.27. The quantitative estimate of drug-likeness (QED) is 0.309. The van der Waals surface area contributed by atoms with E-state index < -0.39 is 0 Å². The zero-order valence-corrected chi connectivity index (χ0v) is 18.5.